The zero-order valence-electron chi connectivity index (χ0n) is 16.4. The number of rotatable bonds is 5. The van der Waals surface area contributed by atoms with Crippen LogP contribution in [-0.2, 0) is 6.42 Å². The fraction of sp³-hybridized carbons (Fsp3) is 0.391. The van der Waals surface area contributed by atoms with E-state index in [1.54, 1.807) is 0 Å². The summed E-state index contributed by atoms with van der Waals surface area (Å²) in [6.07, 6.45) is 2.76. The number of nitrogens with zero attached hydrogens (tertiary/aromatic N) is 1. The molecule has 0 atom stereocenters. The third-order valence-electron chi connectivity index (χ3n) is 4.98. The van der Waals surface area contributed by atoms with Gasteiger partial charge in [0, 0.05) is 29.9 Å². The van der Waals surface area contributed by atoms with Crippen LogP contribution in [0.5, 0.6) is 0 Å². The van der Waals surface area contributed by atoms with Crippen LogP contribution in [0.25, 0.3) is 0 Å². The summed E-state index contributed by atoms with van der Waals surface area (Å²) in [5.41, 5.74) is 4.44. The molecule has 2 aromatic rings. The van der Waals surface area contributed by atoms with Gasteiger partial charge in [0.05, 0.1) is 0 Å². The maximum Gasteiger partial charge on any atom is 0.258 e. The van der Waals surface area contributed by atoms with Crippen LogP contribution in [0.15, 0.2) is 42.5 Å². The summed E-state index contributed by atoms with van der Waals surface area (Å²) in [6, 6.07) is 13.4. The molecule has 0 spiro atoms. The third kappa shape index (κ3) is 4.57. The van der Waals surface area contributed by atoms with Crippen LogP contribution in [0.3, 0.4) is 0 Å². The number of amides is 2. The molecule has 0 bridgehead atoms. The lowest BCUT2D eigenvalue weighted by Crippen LogP contribution is -2.35. The average Bonchev–Trinajstić information content (AvgIpc) is 2.66. The number of anilines is 1. The fourth-order valence-electron chi connectivity index (χ4n) is 3.46. The predicted octanol–water partition coefficient (Wildman–Crippen LogP) is 4.36. The number of carbonyl (C=O) groups is 2. The Bertz CT molecular complexity index is 842. The molecular formula is C23H28N2O2. The van der Waals surface area contributed by atoms with E-state index in [-0.39, 0.29) is 11.8 Å². The zero-order valence-corrected chi connectivity index (χ0v) is 16.4. The molecule has 1 heterocycles. The van der Waals surface area contributed by atoms with Crippen molar-refractivity contribution in [3.05, 3.63) is 64.7 Å². The average molecular weight is 364 g/mol. The summed E-state index contributed by atoms with van der Waals surface area (Å²) in [7, 11) is 0. The molecule has 0 saturated carbocycles. The molecule has 2 aromatic carbocycles. The van der Waals surface area contributed by atoms with Crippen LogP contribution in [0.2, 0.25) is 0 Å². The first kappa shape index (κ1) is 19.2. The minimum absolute atomic E-state index is 0.0220. The van der Waals surface area contributed by atoms with Crippen molar-refractivity contribution < 1.29 is 9.59 Å². The van der Waals surface area contributed by atoms with Gasteiger partial charge in [0.25, 0.3) is 11.8 Å². The summed E-state index contributed by atoms with van der Waals surface area (Å²) in [4.78, 5) is 27.2. The molecule has 142 valence electrons. The standard InChI is InChI=1S/C23H28N2O2/c1-16(2)11-12-24-22(26)19-9-10-21-18(15-19)8-5-13-25(21)23(27)20-7-4-6-17(3)14-20/h4,6-7,9-10,14-16H,5,8,11-13H2,1-3H3,(H,24,26). The highest BCUT2D eigenvalue weighted by Crippen LogP contribution is 2.29. The zero-order chi connectivity index (χ0) is 19.4. The molecule has 0 aliphatic carbocycles. The van der Waals surface area contributed by atoms with Crippen LogP contribution >= 0.6 is 0 Å². The topological polar surface area (TPSA) is 49.4 Å². The van der Waals surface area contributed by atoms with Crippen LogP contribution in [0.4, 0.5) is 5.69 Å². The predicted molar refractivity (Wildman–Crippen MR) is 109 cm³/mol. The van der Waals surface area contributed by atoms with Gasteiger partial charge in [0.2, 0.25) is 0 Å². The van der Waals surface area contributed by atoms with E-state index in [9.17, 15) is 9.59 Å². The Morgan fingerprint density at radius 1 is 1.11 bits per heavy atom. The lowest BCUT2D eigenvalue weighted by molar-refractivity contribution is 0.0951. The molecule has 0 aromatic heterocycles. The van der Waals surface area contributed by atoms with Crippen molar-refractivity contribution in [2.24, 2.45) is 5.92 Å². The van der Waals surface area contributed by atoms with E-state index in [0.717, 1.165) is 36.1 Å². The maximum atomic E-state index is 13.0. The van der Waals surface area contributed by atoms with Crippen LogP contribution in [0, 0.1) is 12.8 Å². The van der Waals surface area contributed by atoms with E-state index < -0.39 is 0 Å². The number of aryl methyl sites for hydroxylation is 2. The first-order valence-electron chi connectivity index (χ1n) is 9.75. The quantitative estimate of drug-likeness (QED) is 0.857. The van der Waals surface area contributed by atoms with Crippen molar-refractivity contribution in [2.45, 2.75) is 40.0 Å². The van der Waals surface area contributed by atoms with E-state index >= 15 is 0 Å². The van der Waals surface area contributed by atoms with E-state index in [1.807, 2.05) is 54.3 Å². The number of fused-ring (bicyclic) bond motifs is 1. The molecule has 0 radical (unpaired) electrons. The highest BCUT2D eigenvalue weighted by Gasteiger charge is 2.24. The number of hydrogen-bond donors (Lipinski definition) is 1. The van der Waals surface area contributed by atoms with Gasteiger partial charge in [-0.2, -0.15) is 0 Å². The summed E-state index contributed by atoms with van der Waals surface area (Å²) in [6.45, 7) is 7.67. The molecule has 1 aliphatic rings. The Hall–Kier alpha value is -2.62. The van der Waals surface area contributed by atoms with E-state index in [2.05, 4.69) is 19.2 Å². The maximum absolute atomic E-state index is 13.0. The van der Waals surface area contributed by atoms with Gasteiger partial charge < -0.3 is 10.2 Å². The molecule has 27 heavy (non-hydrogen) atoms. The number of nitrogens with one attached hydrogen (secondary N) is 1. The smallest absolute Gasteiger partial charge is 0.258 e. The van der Waals surface area contributed by atoms with E-state index in [4.69, 9.17) is 0 Å². The van der Waals surface area contributed by atoms with E-state index in [0.29, 0.717) is 30.1 Å². The van der Waals surface area contributed by atoms with Gasteiger partial charge >= 0.3 is 0 Å². The Morgan fingerprint density at radius 3 is 2.67 bits per heavy atom. The van der Waals surface area contributed by atoms with Crippen molar-refractivity contribution in [2.75, 3.05) is 18.0 Å². The second-order valence-electron chi connectivity index (χ2n) is 7.71. The lowest BCUT2D eigenvalue weighted by Gasteiger charge is -2.30. The Balaban J connectivity index is 1.78. The van der Waals surface area contributed by atoms with Crippen molar-refractivity contribution in [1.29, 1.82) is 0 Å². The van der Waals surface area contributed by atoms with Gasteiger partial charge in [-0.1, -0.05) is 31.5 Å². The normalized spacial score (nSPS) is 13.4. The Labute approximate surface area is 161 Å². The summed E-state index contributed by atoms with van der Waals surface area (Å²) >= 11 is 0. The van der Waals surface area contributed by atoms with Gasteiger partial charge in [0.15, 0.2) is 0 Å². The van der Waals surface area contributed by atoms with Gasteiger partial charge in [-0.05, 0) is 68.0 Å². The molecule has 4 heteroatoms. The van der Waals surface area contributed by atoms with Gasteiger partial charge in [0.1, 0.15) is 0 Å². The highest BCUT2D eigenvalue weighted by molar-refractivity contribution is 6.07. The van der Waals surface area contributed by atoms with Gasteiger partial charge in [-0.3, -0.25) is 9.59 Å². The van der Waals surface area contributed by atoms with Crippen LogP contribution in [-0.4, -0.2) is 24.9 Å². The minimum atomic E-state index is -0.0411. The number of benzene rings is 2. The molecule has 3 rings (SSSR count). The van der Waals surface area contributed by atoms with Crippen LogP contribution < -0.4 is 10.2 Å². The molecule has 1 N–H and O–H groups in total. The molecule has 0 fully saturated rings. The largest absolute Gasteiger partial charge is 0.352 e. The van der Waals surface area contributed by atoms with Gasteiger partial charge in [-0.25, -0.2) is 0 Å². The van der Waals surface area contributed by atoms with Crippen molar-refractivity contribution in [3.63, 3.8) is 0 Å². The van der Waals surface area contributed by atoms with Crippen molar-refractivity contribution >= 4 is 17.5 Å². The lowest BCUT2D eigenvalue weighted by atomic mass is 9.98. The Kier molecular flexibility index (Phi) is 5.94. The number of hydrogen-bond acceptors (Lipinski definition) is 2. The monoisotopic (exact) mass is 364 g/mol. The molecule has 0 saturated heterocycles. The second kappa shape index (κ2) is 8.38. The minimum Gasteiger partial charge on any atom is -0.352 e. The molecule has 0 unspecified atom stereocenters. The number of carbonyl (C=O) groups excluding carboxylic acids is 2. The van der Waals surface area contributed by atoms with Gasteiger partial charge in [-0.15, -0.1) is 0 Å². The summed E-state index contributed by atoms with van der Waals surface area (Å²) < 4.78 is 0. The highest BCUT2D eigenvalue weighted by atomic mass is 16.2. The van der Waals surface area contributed by atoms with Crippen molar-refractivity contribution in [3.8, 4) is 0 Å². The molecule has 1 aliphatic heterocycles. The molecule has 4 nitrogen and oxygen atoms in total. The first-order chi connectivity index (χ1) is 13.0. The molecule has 2 amide bonds. The SMILES string of the molecule is Cc1cccc(C(=O)N2CCCc3cc(C(=O)NCCC(C)C)ccc32)c1. The molecular weight excluding hydrogens is 336 g/mol. The van der Waals surface area contributed by atoms with Crippen LogP contribution in [0.1, 0.15) is 58.5 Å². The Morgan fingerprint density at radius 2 is 1.93 bits per heavy atom. The first-order valence-corrected chi connectivity index (χ1v) is 9.75. The summed E-state index contributed by atoms with van der Waals surface area (Å²) in [5.74, 6) is 0.546. The fourth-order valence-corrected chi connectivity index (χ4v) is 3.46. The summed E-state index contributed by atoms with van der Waals surface area (Å²) in [5, 5.41) is 2.98. The van der Waals surface area contributed by atoms with E-state index in [1.165, 1.54) is 0 Å². The van der Waals surface area contributed by atoms with Crippen molar-refractivity contribution in [1.82, 2.24) is 5.32 Å². The third-order valence-corrected chi connectivity index (χ3v) is 4.98. The second-order valence-corrected chi connectivity index (χ2v) is 7.71.